The highest BCUT2D eigenvalue weighted by Crippen LogP contribution is 2.22. The zero-order valence-corrected chi connectivity index (χ0v) is 18.5. The number of para-hydroxylation sites is 1. The van der Waals surface area contributed by atoms with Gasteiger partial charge >= 0.3 is 5.97 Å². The van der Waals surface area contributed by atoms with Gasteiger partial charge in [-0.05, 0) is 55.5 Å². The van der Waals surface area contributed by atoms with Gasteiger partial charge in [0.05, 0.1) is 21.8 Å². The summed E-state index contributed by atoms with van der Waals surface area (Å²) in [6.07, 6.45) is -1.30. The normalized spacial score (nSPS) is 12.0. The van der Waals surface area contributed by atoms with Crippen molar-refractivity contribution in [3.8, 4) is 0 Å². The van der Waals surface area contributed by atoms with E-state index in [0.29, 0.717) is 11.8 Å². The van der Waals surface area contributed by atoms with Crippen molar-refractivity contribution in [1.29, 1.82) is 0 Å². The van der Waals surface area contributed by atoms with Crippen molar-refractivity contribution < 1.29 is 31.5 Å². The van der Waals surface area contributed by atoms with Crippen molar-refractivity contribution in [3.05, 3.63) is 90.0 Å². The summed E-state index contributed by atoms with van der Waals surface area (Å²) in [6.45, 7) is 1.28. The van der Waals surface area contributed by atoms with Gasteiger partial charge in [0.2, 0.25) is 0 Å². The highest BCUT2D eigenvalue weighted by atomic mass is 32.2. The van der Waals surface area contributed by atoms with Crippen LogP contribution in [0.3, 0.4) is 0 Å². The molecule has 10 heteroatoms. The molecule has 1 atom stereocenters. The molecule has 0 aliphatic heterocycles. The number of ether oxygens (including phenoxy) is 1. The second kappa shape index (κ2) is 9.78. The molecule has 0 bridgehead atoms. The summed E-state index contributed by atoms with van der Waals surface area (Å²) in [6, 6.07) is 16.1. The highest BCUT2D eigenvalue weighted by molar-refractivity contribution is 7.92. The first-order valence-electron chi connectivity index (χ1n) is 9.70. The van der Waals surface area contributed by atoms with Crippen molar-refractivity contribution >= 4 is 33.3 Å². The third kappa shape index (κ3) is 5.53. The molecule has 3 rings (SSSR count). The lowest BCUT2D eigenvalue weighted by Gasteiger charge is -2.19. The monoisotopic (exact) mass is 474 g/mol. The van der Waals surface area contributed by atoms with Crippen LogP contribution in [0.2, 0.25) is 0 Å². The minimum Gasteiger partial charge on any atom is -0.449 e. The van der Waals surface area contributed by atoms with Crippen LogP contribution in [0.4, 0.5) is 20.2 Å². The quantitative estimate of drug-likeness (QED) is 0.523. The van der Waals surface area contributed by atoms with Crippen molar-refractivity contribution in [3.63, 3.8) is 0 Å². The Morgan fingerprint density at radius 2 is 1.61 bits per heavy atom. The molecule has 0 saturated heterocycles. The van der Waals surface area contributed by atoms with Gasteiger partial charge in [0.25, 0.3) is 15.9 Å². The molecule has 3 aromatic carbocycles. The van der Waals surface area contributed by atoms with Crippen LogP contribution in [0, 0.1) is 11.6 Å². The predicted molar refractivity (Wildman–Crippen MR) is 118 cm³/mol. The molecule has 0 aromatic heterocycles. The smallest absolute Gasteiger partial charge is 0.338 e. The zero-order chi connectivity index (χ0) is 24.2. The number of nitrogens with one attached hydrogen (secondary N) is 1. The Labute approximate surface area is 189 Å². The number of benzene rings is 3. The molecule has 0 radical (unpaired) electrons. The molecule has 1 unspecified atom stereocenters. The average Bonchev–Trinajstić information content (AvgIpc) is 2.80. The maximum atomic E-state index is 13.7. The van der Waals surface area contributed by atoms with E-state index in [9.17, 15) is 26.8 Å². The molecule has 0 spiro atoms. The van der Waals surface area contributed by atoms with Gasteiger partial charge in [0.1, 0.15) is 11.6 Å². The Bertz CT molecular complexity index is 1270. The van der Waals surface area contributed by atoms with Crippen LogP contribution < -0.4 is 9.62 Å². The summed E-state index contributed by atoms with van der Waals surface area (Å²) in [7, 11) is -2.44. The van der Waals surface area contributed by atoms with Crippen molar-refractivity contribution in [1.82, 2.24) is 0 Å². The fourth-order valence-electron chi connectivity index (χ4n) is 2.81. The Balaban J connectivity index is 1.66. The summed E-state index contributed by atoms with van der Waals surface area (Å²) in [5.41, 5.74) is 0.226. The molecule has 1 amide bonds. The lowest BCUT2D eigenvalue weighted by molar-refractivity contribution is -0.123. The van der Waals surface area contributed by atoms with Crippen LogP contribution in [0.5, 0.6) is 0 Å². The zero-order valence-electron chi connectivity index (χ0n) is 17.7. The number of halogens is 2. The molecule has 0 saturated carbocycles. The number of rotatable bonds is 7. The molecular weight excluding hydrogens is 454 g/mol. The number of carbonyl (C=O) groups is 2. The first kappa shape index (κ1) is 23.9. The Kier molecular flexibility index (Phi) is 7.07. The maximum absolute atomic E-state index is 13.7. The third-order valence-corrected chi connectivity index (χ3v) is 6.51. The molecule has 7 nitrogen and oxygen atoms in total. The van der Waals surface area contributed by atoms with Crippen molar-refractivity contribution in [2.75, 3.05) is 16.7 Å². The van der Waals surface area contributed by atoms with Gasteiger partial charge in [-0.25, -0.2) is 22.0 Å². The molecule has 0 fully saturated rings. The number of hydrogen-bond acceptors (Lipinski definition) is 5. The number of sulfonamides is 1. The summed E-state index contributed by atoms with van der Waals surface area (Å²) in [5.74, 6) is -3.47. The van der Waals surface area contributed by atoms with E-state index in [0.717, 1.165) is 16.4 Å². The lowest BCUT2D eigenvalue weighted by Crippen LogP contribution is -2.30. The van der Waals surface area contributed by atoms with E-state index in [1.165, 1.54) is 38.2 Å². The summed E-state index contributed by atoms with van der Waals surface area (Å²) < 4.78 is 58.5. The van der Waals surface area contributed by atoms with Gasteiger partial charge < -0.3 is 10.1 Å². The van der Waals surface area contributed by atoms with Gasteiger partial charge in [0, 0.05) is 13.1 Å². The fraction of sp³-hybridized carbons (Fsp3) is 0.130. The molecule has 0 heterocycles. The Hall–Kier alpha value is -3.79. The van der Waals surface area contributed by atoms with E-state index in [-0.39, 0.29) is 16.1 Å². The lowest BCUT2D eigenvalue weighted by atomic mass is 10.2. The number of hydrogen-bond donors (Lipinski definition) is 1. The van der Waals surface area contributed by atoms with Crippen LogP contribution >= 0.6 is 0 Å². The van der Waals surface area contributed by atoms with Crippen LogP contribution in [0.1, 0.15) is 17.3 Å². The van der Waals surface area contributed by atoms with Crippen LogP contribution in [0.25, 0.3) is 0 Å². The summed E-state index contributed by atoms with van der Waals surface area (Å²) >= 11 is 0. The van der Waals surface area contributed by atoms with E-state index < -0.39 is 39.6 Å². The fourth-order valence-corrected chi connectivity index (χ4v) is 4.00. The van der Waals surface area contributed by atoms with Crippen molar-refractivity contribution in [2.24, 2.45) is 0 Å². The largest absolute Gasteiger partial charge is 0.449 e. The van der Waals surface area contributed by atoms with Gasteiger partial charge in [-0.15, -0.1) is 0 Å². The first-order chi connectivity index (χ1) is 15.6. The highest BCUT2D eigenvalue weighted by Gasteiger charge is 2.23. The van der Waals surface area contributed by atoms with Crippen LogP contribution in [-0.2, 0) is 19.6 Å². The van der Waals surface area contributed by atoms with Crippen LogP contribution in [0.15, 0.2) is 77.7 Å². The number of carbonyl (C=O) groups excluding carboxylic acids is 2. The topological polar surface area (TPSA) is 92.8 Å². The number of nitrogens with zero attached hydrogens (tertiary/aromatic N) is 1. The molecule has 3 aromatic rings. The third-order valence-electron chi connectivity index (χ3n) is 4.71. The Morgan fingerprint density at radius 1 is 0.970 bits per heavy atom. The van der Waals surface area contributed by atoms with Crippen LogP contribution in [-0.4, -0.2) is 33.4 Å². The van der Waals surface area contributed by atoms with E-state index in [1.54, 1.807) is 30.3 Å². The van der Waals surface area contributed by atoms with E-state index in [4.69, 9.17) is 4.74 Å². The molecular formula is C23H20F2N2O5S. The number of anilines is 2. The first-order valence-corrected chi connectivity index (χ1v) is 11.1. The predicted octanol–water partition coefficient (Wildman–Crippen LogP) is 3.97. The molecule has 1 N–H and O–H groups in total. The summed E-state index contributed by atoms with van der Waals surface area (Å²) in [4.78, 5) is 24.5. The van der Waals surface area contributed by atoms with Gasteiger partial charge in [-0.3, -0.25) is 9.10 Å². The summed E-state index contributed by atoms with van der Waals surface area (Å²) in [5, 5.41) is 2.21. The average molecular weight is 474 g/mol. The maximum Gasteiger partial charge on any atom is 0.338 e. The SMILES string of the molecule is CC(OC(=O)c1ccc(S(=O)(=O)N(C)c2ccccc2)cc1)C(=O)Nc1ccc(F)cc1F. The van der Waals surface area contributed by atoms with Gasteiger partial charge in [-0.1, -0.05) is 18.2 Å². The molecule has 0 aliphatic rings. The second-order valence-corrected chi connectivity index (χ2v) is 8.96. The van der Waals surface area contributed by atoms with E-state index in [1.807, 2.05) is 0 Å². The molecule has 0 aliphatic carbocycles. The Morgan fingerprint density at radius 3 is 2.21 bits per heavy atom. The van der Waals surface area contributed by atoms with Gasteiger partial charge in [-0.2, -0.15) is 0 Å². The number of amides is 1. The van der Waals surface area contributed by atoms with Crippen molar-refractivity contribution in [2.45, 2.75) is 17.9 Å². The molecule has 33 heavy (non-hydrogen) atoms. The standard InChI is InChI=1S/C23H20F2N2O5S/c1-15(22(28)26-21-13-10-17(24)14-20(21)25)32-23(29)16-8-11-19(12-9-16)33(30,31)27(2)18-6-4-3-5-7-18/h3-15H,1-2H3,(H,26,28). The minimum absolute atomic E-state index is 0.0175. The molecule has 172 valence electrons. The minimum atomic E-state index is -3.86. The second-order valence-electron chi connectivity index (χ2n) is 6.99. The number of esters is 1. The van der Waals surface area contributed by atoms with E-state index >= 15 is 0 Å². The van der Waals surface area contributed by atoms with Gasteiger partial charge in [0.15, 0.2) is 6.10 Å². The van der Waals surface area contributed by atoms with E-state index in [2.05, 4.69) is 5.32 Å².